The van der Waals surface area contributed by atoms with Gasteiger partial charge in [0.25, 0.3) is 0 Å². The monoisotopic (exact) mass is 306 g/mol. The van der Waals surface area contributed by atoms with E-state index in [1.54, 1.807) is 6.20 Å². The van der Waals surface area contributed by atoms with E-state index in [1.165, 1.54) is 30.4 Å². The van der Waals surface area contributed by atoms with Gasteiger partial charge in [0.2, 0.25) is 0 Å². The molecule has 1 saturated heterocycles. The summed E-state index contributed by atoms with van der Waals surface area (Å²) in [7, 11) is 0. The molecular weight excluding hydrogens is 284 g/mol. The fraction of sp³-hybridized carbons (Fsp3) is 0.350. The van der Waals surface area contributed by atoms with Gasteiger partial charge in [0, 0.05) is 18.2 Å². The maximum atomic E-state index is 5.91. The number of ether oxygens (including phenoxy) is 1. The quantitative estimate of drug-likeness (QED) is 0.911. The van der Waals surface area contributed by atoms with Crippen LogP contribution in [0.25, 0.3) is 5.57 Å². The van der Waals surface area contributed by atoms with E-state index in [4.69, 9.17) is 4.74 Å². The van der Waals surface area contributed by atoms with Crippen molar-refractivity contribution in [3.63, 3.8) is 0 Å². The van der Waals surface area contributed by atoms with E-state index in [-0.39, 0.29) is 0 Å². The molecule has 1 aliphatic carbocycles. The molecule has 1 fully saturated rings. The van der Waals surface area contributed by atoms with Gasteiger partial charge in [-0.1, -0.05) is 24.3 Å². The Morgan fingerprint density at radius 1 is 1.04 bits per heavy atom. The predicted molar refractivity (Wildman–Crippen MR) is 92.5 cm³/mol. The number of rotatable bonds is 3. The summed E-state index contributed by atoms with van der Waals surface area (Å²) in [4.78, 5) is 4.38. The van der Waals surface area contributed by atoms with Gasteiger partial charge >= 0.3 is 0 Å². The molecule has 2 aromatic rings. The van der Waals surface area contributed by atoms with Crippen molar-refractivity contribution in [3.05, 3.63) is 60.4 Å². The highest BCUT2D eigenvalue weighted by atomic mass is 16.5. The van der Waals surface area contributed by atoms with Crippen molar-refractivity contribution in [3.8, 4) is 11.5 Å². The highest BCUT2D eigenvalue weighted by molar-refractivity contribution is 5.69. The molecule has 0 bridgehead atoms. The van der Waals surface area contributed by atoms with E-state index in [0.29, 0.717) is 5.41 Å². The molecule has 3 heteroatoms. The van der Waals surface area contributed by atoms with Crippen molar-refractivity contribution >= 4 is 5.57 Å². The second-order valence-corrected chi connectivity index (χ2v) is 6.64. The number of nitrogens with zero attached hydrogens (tertiary/aromatic N) is 1. The minimum Gasteiger partial charge on any atom is -0.456 e. The molecule has 1 aromatic carbocycles. The van der Waals surface area contributed by atoms with Crippen LogP contribution in [0.5, 0.6) is 11.5 Å². The molecule has 0 saturated carbocycles. The molecule has 1 spiro atoms. The lowest BCUT2D eigenvalue weighted by molar-refractivity contribution is 0.274. The Kier molecular flexibility index (Phi) is 3.88. The van der Waals surface area contributed by atoms with Crippen LogP contribution in [0.1, 0.15) is 31.2 Å². The molecule has 3 nitrogen and oxygen atoms in total. The van der Waals surface area contributed by atoms with Crippen molar-refractivity contribution in [2.24, 2.45) is 5.41 Å². The molecule has 23 heavy (non-hydrogen) atoms. The summed E-state index contributed by atoms with van der Waals surface area (Å²) in [6.07, 6.45) is 11.2. The zero-order valence-electron chi connectivity index (χ0n) is 13.3. The van der Waals surface area contributed by atoms with Crippen LogP contribution in [0, 0.1) is 5.41 Å². The number of piperidine rings is 1. The smallest absolute Gasteiger partial charge is 0.146 e. The standard InChI is InChI=1S/C20H22N2O/c1-2-5-18(6-3-1)23-19-11-17(13-22-14-19)16-7-9-20(12-16)8-4-10-21-15-20/h1-3,5-6,11-14,21H,4,7-10,15H2. The summed E-state index contributed by atoms with van der Waals surface area (Å²) in [5, 5.41) is 3.55. The number of hydrogen-bond acceptors (Lipinski definition) is 3. The van der Waals surface area contributed by atoms with Gasteiger partial charge in [-0.15, -0.1) is 0 Å². The third-order valence-corrected chi connectivity index (χ3v) is 4.94. The Labute approximate surface area is 137 Å². The fourth-order valence-electron chi connectivity index (χ4n) is 3.73. The largest absolute Gasteiger partial charge is 0.456 e. The number of allylic oxidation sites excluding steroid dienone is 1. The molecule has 2 aliphatic rings. The molecule has 0 radical (unpaired) electrons. The summed E-state index contributed by atoms with van der Waals surface area (Å²) in [6.45, 7) is 2.27. The van der Waals surface area contributed by atoms with Crippen LogP contribution >= 0.6 is 0 Å². The van der Waals surface area contributed by atoms with Crippen molar-refractivity contribution in [2.45, 2.75) is 25.7 Å². The van der Waals surface area contributed by atoms with Crippen molar-refractivity contribution in [1.29, 1.82) is 0 Å². The lowest BCUT2D eigenvalue weighted by Crippen LogP contribution is -2.37. The Morgan fingerprint density at radius 3 is 2.78 bits per heavy atom. The second-order valence-electron chi connectivity index (χ2n) is 6.64. The topological polar surface area (TPSA) is 34.1 Å². The van der Waals surface area contributed by atoms with Gasteiger partial charge in [-0.3, -0.25) is 4.98 Å². The first-order valence-electron chi connectivity index (χ1n) is 8.44. The fourth-order valence-corrected chi connectivity index (χ4v) is 3.73. The van der Waals surface area contributed by atoms with Crippen LogP contribution in [-0.2, 0) is 0 Å². The molecule has 1 atom stereocenters. The van der Waals surface area contributed by atoms with E-state index in [2.05, 4.69) is 22.4 Å². The third kappa shape index (κ3) is 3.15. The first kappa shape index (κ1) is 14.5. The number of nitrogens with one attached hydrogen (secondary N) is 1. The van der Waals surface area contributed by atoms with Crippen LogP contribution < -0.4 is 10.1 Å². The molecule has 1 unspecified atom stereocenters. The Bertz CT molecular complexity index is 703. The van der Waals surface area contributed by atoms with Crippen LogP contribution in [0.15, 0.2) is 54.9 Å². The Balaban J connectivity index is 1.56. The van der Waals surface area contributed by atoms with Gasteiger partial charge < -0.3 is 10.1 Å². The molecule has 4 rings (SSSR count). The molecule has 1 N–H and O–H groups in total. The number of benzene rings is 1. The molecule has 1 aromatic heterocycles. The van der Waals surface area contributed by atoms with Crippen LogP contribution in [0.2, 0.25) is 0 Å². The lowest BCUT2D eigenvalue weighted by Gasteiger charge is -2.32. The zero-order chi connectivity index (χ0) is 15.5. The average Bonchev–Trinajstić information content (AvgIpc) is 3.00. The van der Waals surface area contributed by atoms with Gasteiger partial charge in [0.1, 0.15) is 11.5 Å². The number of pyridine rings is 1. The molecule has 2 heterocycles. The van der Waals surface area contributed by atoms with Gasteiger partial charge in [-0.2, -0.15) is 0 Å². The van der Waals surface area contributed by atoms with Crippen LogP contribution in [0.3, 0.4) is 0 Å². The maximum Gasteiger partial charge on any atom is 0.146 e. The van der Waals surface area contributed by atoms with Gasteiger partial charge in [-0.05, 0) is 61.6 Å². The maximum absolute atomic E-state index is 5.91. The molecule has 118 valence electrons. The highest BCUT2D eigenvalue weighted by Crippen LogP contribution is 2.44. The summed E-state index contributed by atoms with van der Waals surface area (Å²) >= 11 is 0. The number of hydrogen-bond donors (Lipinski definition) is 1. The molecule has 1 aliphatic heterocycles. The summed E-state index contributed by atoms with van der Waals surface area (Å²) in [5.74, 6) is 1.65. The van der Waals surface area contributed by atoms with Gasteiger partial charge in [-0.25, -0.2) is 0 Å². The van der Waals surface area contributed by atoms with Crippen LogP contribution in [0.4, 0.5) is 0 Å². The van der Waals surface area contributed by atoms with E-state index < -0.39 is 0 Å². The Morgan fingerprint density at radius 2 is 1.96 bits per heavy atom. The van der Waals surface area contributed by atoms with E-state index in [9.17, 15) is 0 Å². The van der Waals surface area contributed by atoms with Gasteiger partial charge in [0.15, 0.2) is 0 Å². The van der Waals surface area contributed by atoms with E-state index in [0.717, 1.165) is 31.0 Å². The van der Waals surface area contributed by atoms with Crippen molar-refractivity contribution in [2.75, 3.05) is 13.1 Å². The summed E-state index contributed by atoms with van der Waals surface area (Å²) < 4.78 is 5.91. The minimum absolute atomic E-state index is 0.365. The number of para-hydroxylation sites is 1. The summed E-state index contributed by atoms with van der Waals surface area (Å²) in [6, 6.07) is 12.0. The highest BCUT2D eigenvalue weighted by Gasteiger charge is 2.34. The van der Waals surface area contributed by atoms with E-state index in [1.807, 2.05) is 36.5 Å². The van der Waals surface area contributed by atoms with Crippen molar-refractivity contribution < 1.29 is 4.74 Å². The minimum atomic E-state index is 0.365. The normalized spacial score (nSPS) is 23.7. The van der Waals surface area contributed by atoms with Crippen LogP contribution in [-0.4, -0.2) is 18.1 Å². The zero-order valence-corrected chi connectivity index (χ0v) is 13.3. The average molecular weight is 306 g/mol. The van der Waals surface area contributed by atoms with Gasteiger partial charge in [0.05, 0.1) is 6.20 Å². The Hall–Kier alpha value is -2.13. The predicted octanol–water partition coefficient (Wildman–Crippen LogP) is 4.42. The van der Waals surface area contributed by atoms with E-state index >= 15 is 0 Å². The molecule has 0 amide bonds. The number of aromatic nitrogens is 1. The summed E-state index contributed by atoms with van der Waals surface area (Å²) in [5.41, 5.74) is 2.98. The SMILES string of the molecule is C1=C(c2cncc(Oc3ccccc3)c2)CCC12CCCNC2. The first-order chi connectivity index (χ1) is 11.3. The second kappa shape index (κ2) is 6.17. The first-order valence-corrected chi connectivity index (χ1v) is 8.44. The van der Waals surface area contributed by atoms with Crippen molar-refractivity contribution in [1.82, 2.24) is 10.3 Å². The third-order valence-electron chi connectivity index (χ3n) is 4.94. The molecular formula is C20H22N2O. The lowest BCUT2D eigenvalue weighted by atomic mass is 9.80.